The van der Waals surface area contributed by atoms with E-state index in [1.165, 1.54) is 36.4 Å². The quantitative estimate of drug-likeness (QED) is 0.194. The number of anilines is 2. The van der Waals surface area contributed by atoms with Crippen LogP contribution < -0.4 is 25.0 Å². The Morgan fingerprint density at radius 2 is 1.68 bits per heavy atom. The number of amides is 2. The summed E-state index contributed by atoms with van der Waals surface area (Å²) in [6.07, 6.45) is 7.26. The lowest BCUT2D eigenvalue weighted by Gasteiger charge is -2.25. The molecule has 3 aromatic carbocycles. The van der Waals surface area contributed by atoms with Crippen molar-refractivity contribution in [3.05, 3.63) is 78.1 Å². The fraction of sp³-hybridized carbons (Fsp3) is 0.394. The number of unbranched alkanes of at least 4 members (excludes halogenated alkanes) is 3. The van der Waals surface area contributed by atoms with Gasteiger partial charge in [0.15, 0.2) is 5.75 Å². The zero-order chi connectivity index (χ0) is 29.0. The maximum Gasteiger partial charge on any atom is 0.224 e. The van der Waals surface area contributed by atoms with Gasteiger partial charge in [-0.1, -0.05) is 37.5 Å². The van der Waals surface area contributed by atoms with Gasteiger partial charge in [-0.05, 0) is 73.7 Å². The molecule has 8 heteroatoms. The van der Waals surface area contributed by atoms with Gasteiger partial charge in [-0.3, -0.25) is 9.59 Å². The van der Waals surface area contributed by atoms with Crippen molar-refractivity contribution in [2.75, 3.05) is 30.4 Å². The number of nitrogens with one attached hydrogen (secondary N) is 2. The Hall–Kier alpha value is -4.07. The fourth-order valence-electron chi connectivity index (χ4n) is 4.79. The Kier molecular flexibility index (Phi) is 11.0. The van der Waals surface area contributed by atoms with Crippen LogP contribution in [0.1, 0.15) is 57.4 Å². The first-order chi connectivity index (χ1) is 19.9. The first-order valence-electron chi connectivity index (χ1n) is 14.4. The van der Waals surface area contributed by atoms with Crippen LogP contribution in [-0.2, 0) is 16.1 Å². The highest BCUT2D eigenvalue weighted by Gasteiger charge is 2.24. The van der Waals surface area contributed by atoms with E-state index < -0.39 is 5.82 Å². The minimum absolute atomic E-state index is 0.199. The Bertz CT molecular complexity index is 1300. The summed E-state index contributed by atoms with van der Waals surface area (Å²) in [6, 6.07) is 19.1. The largest absolute Gasteiger partial charge is 0.497 e. The molecule has 4 rings (SSSR count). The predicted molar refractivity (Wildman–Crippen MR) is 160 cm³/mol. The van der Waals surface area contributed by atoms with Crippen molar-refractivity contribution in [1.82, 2.24) is 5.32 Å². The van der Waals surface area contributed by atoms with Crippen molar-refractivity contribution in [2.24, 2.45) is 5.92 Å². The highest BCUT2D eigenvalue weighted by atomic mass is 19.1. The van der Waals surface area contributed by atoms with E-state index in [0.717, 1.165) is 62.9 Å². The molecule has 0 atom stereocenters. The summed E-state index contributed by atoms with van der Waals surface area (Å²) in [5, 5.41) is 6.55. The SMILES string of the molecule is COc1ccc(NCCCCCCNC(=O)C2CCC2)c(CN(C(C)=O)c2cc(F)ccc2Oc2ccccc2)c1. The van der Waals surface area contributed by atoms with Crippen LogP contribution in [0, 0.1) is 11.7 Å². The smallest absolute Gasteiger partial charge is 0.224 e. The average Bonchev–Trinajstić information content (AvgIpc) is 2.94. The lowest BCUT2D eigenvalue weighted by atomic mass is 9.85. The second-order valence-electron chi connectivity index (χ2n) is 10.4. The molecule has 3 aromatic rings. The van der Waals surface area contributed by atoms with Gasteiger partial charge in [0, 0.05) is 37.7 Å². The number of nitrogens with zero attached hydrogens (tertiary/aromatic N) is 1. The van der Waals surface area contributed by atoms with E-state index in [-0.39, 0.29) is 24.3 Å². The summed E-state index contributed by atoms with van der Waals surface area (Å²) in [4.78, 5) is 26.3. The normalized spacial score (nSPS) is 12.8. The molecule has 0 aromatic heterocycles. The van der Waals surface area contributed by atoms with Gasteiger partial charge in [-0.2, -0.15) is 0 Å². The number of halogens is 1. The second kappa shape index (κ2) is 15.1. The lowest BCUT2D eigenvalue weighted by molar-refractivity contribution is -0.127. The van der Waals surface area contributed by atoms with Gasteiger partial charge in [0.2, 0.25) is 11.8 Å². The van der Waals surface area contributed by atoms with Crippen LogP contribution in [0.3, 0.4) is 0 Å². The number of carbonyl (C=O) groups excluding carboxylic acids is 2. The van der Waals surface area contributed by atoms with E-state index in [2.05, 4.69) is 10.6 Å². The number of benzene rings is 3. The second-order valence-corrected chi connectivity index (χ2v) is 10.4. The maximum atomic E-state index is 14.4. The van der Waals surface area contributed by atoms with Gasteiger partial charge in [-0.15, -0.1) is 0 Å². The van der Waals surface area contributed by atoms with Crippen molar-refractivity contribution in [3.63, 3.8) is 0 Å². The molecular weight excluding hydrogens is 521 g/mol. The van der Waals surface area contributed by atoms with Crippen molar-refractivity contribution >= 4 is 23.2 Å². The van der Waals surface area contributed by atoms with Crippen LogP contribution in [0.5, 0.6) is 17.2 Å². The topological polar surface area (TPSA) is 79.9 Å². The summed E-state index contributed by atoms with van der Waals surface area (Å²) in [5.41, 5.74) is 2.07. The van der Waals surface area contributed by atoms with Crippen molar-refractivity contribution in [3.8, 4) is 17.2 Å². The Balaban J connectivity index is 1.38. The van der Waals surface area contributed by atoms with Crippen LogP contribution in [0.15, 0.2) is 66.7 Å². The molecule has 1 aliphatic rings. The van der Waals surface area contributed by atoms with E-state index in [9.17, 15) is 14.0 Å². The third kappa shape index (κ3) is 8.71. The first kappa shape index (κ1) is 29.9. The zero-order valence-corrected chi connectivity index (χ0v) is 24.0. The predicted octanol–water partition coefficient (Wildman–Crippen LogP) is 7.07. The van der Waals surface area contributed by atoms with Gasteiger partial charge >= 0.3 is 0 Å². The first-order valence-corrected chi connectivity index (χ1v) is 14.4. The maximum absolute atomic E-state index is 14.4. The van der Waals surface area contributed by atoms with Gasteiger partial charge in [-0.25, -0.2) is 4.39 Å². The van der Waals surface area contributed by atoms with Crippen LogP contribution in [0.2, 0.25) is 0 Å². The molecule has 2 N–H and O–H groups in total. The number of carbonyl (C=O) groups is 2. The van der Waals surface area contributed by atoms with Gasteiger partial charge < -0.3 is 25.0 Å². The summed E-state index contributed by atoms with van der Waals surface area (Å²) >= 11 is 0. The third-order valence-electron chi connectivity index (χ3n) is 7.40. The molecule has 0 unspecified atom stereocenters. The average molecular weight is 562 g/mol. The summed E-state index contributed by atoms with van der Waals surface area (Å²) < 4.78 is 25.9. The molecule has 0 radical (unpaired) electrons. The molecule has 2 amide bonds. The molecule has 0 bridgehead atoms. The van der Waals surface area contributed by atoms with E-state index in [1.807, 2.05) is 36.4 Å². The van der Waals surface area contributed by atoms with Crippen LogP contribution >= 0.6 is 0 Å². The van der Waals surface area contributed by atoms with Gasteiger partial charge in [0.1, 0.15) is 17.3 Å². The number of rotatable bonds is 15. The van der Waals surface area contributed by atoms with Crippen molar-refractivity contribution < 1.29 is 23.5 Å². The molecule has 41 heavy (non-hydrogen) atoms. The molecule has 0 aliphatic heterocycles. The Morgan fingerprint density at radius 3 is 2.37 bits per heavy atom. The van der Waals surface area contributed by atoms with Crippen molar-refractivity contribution in [2.45, 2.75) is 58.4 Å². The highest BCUT2D eigenvalue weighted by Crippen LogP contribution is 2.35. The summed E-state index contributed by atoms with van der Waals surface area (Å²) in [6.45, 7) is 3.15. The lowest BCUT2D eigenvalue weighted by Crippen LogP contribution is -2.34. The number of para-hydroxylation sites is 1. The third-order valence-corrected chi connectivity index (χ3v) is 7.40. The zero-order valence-electron chi connectivity index (χ0n) is 24.0. The number of hydrogen-bond donors (Lipinski definition) is 2. The molecule has 7 nitrogen and oxygen atoms in total. The summed E-state index contributed by atoms with van der Waals surface area (Å²) in [7, 11) is 1.60. The van der Waals surface area contributed by atoms with Crippen LogP contribution in [0.25, 0.3) is 0 Å². The van der Waals surface area contributed by atoms with Crippen LogP contribution in [0.4, 0.5) is 15.8 Å². The Morgan fingerprint density at radius 1 is 0.927 bits per heavy atom. The molecule has 0 saturated heterocycles. The number of hydrogen-bond acceptors (Lipinski definition) is 5. The Labute approximate surface area is 242 Å². The standard InChI is InChI=1S/C33H40FN3O4/c1-24(38)37(31-22-27(34)15-18-32(31)41-28-13-6-5-7-14-28)23-26-21-29(40-2)16-17-30(26)35-19-8-3-4-9-20-36-33(39)25-11-10-12-25/h5-7,13-18,21-22,25,35H,3-4,8-12,19-20,23H2,1-2H3,(H,36,39). The monoisotopic (exact) mass is 561 g/mol. The molecular formula is C33H40FN3O4. The van der Waals surface area contributed by atoms with Gasteiger partial charge in [0.25, 0.3) is 0 Å². The van der Waals surface area contributed by atoms with E-state index >= 15 is 0 Å². The van der Waals surface area contributed by atoms with Gasteiger partial charge in [0.05, 0.1) is 19.3 Å². The molecule has 1 fully saturated rings. The molecule has 1 saturated carbocycles. The van der Waals surface area contributed by atoms with E-state index in [1.54, 1.807) is 19.2 Å². The molecule has 218 valence electrons. The molecule has 0 heterocycles. The minimum atomic E-state index is -0.460. The molecule has 1 aliphatic carbocycles. The minimum Gasteiger partial charge on any atom is -0.497 e. The fourth-order valence-corrected chi connectivity index (χ4v) is 4.79. The van der Waals surface area contributed by atoms with Crippen molar-refractivity contribution in [1.29, 1.82) is 0 Å². The van der Waals surface area contributed by atoms with Crippen LogP contribution in [-0.4, -0.2) is 32.0 Å². The number of methoxy groups -OCH3 is 1. The van der Waals surface area contributed by atoms with E-state index in [0.29, 0.717) is 22.9 Å². The summed E-state index contributed by atoms with van der Waals surface area (Å²) in [5.74, 6) is 1.38. The highest BCUT2D eigenvalue weighted by molar-refractivity contribution is 5.93. The number of ether oxygens (including phenoxy) is 2. The van der Waals surface area contributed by atoms with E-state index in [4.69, 9.17) is 9.47 Å². The molecule has 0 spiro atoms.